The second kappa shape index (κ2) is 34.8. The highest BCUT2D eigenvalue weighted by atomic mass is 16.6. The van der Waals surface area contributed by atoms with E-state index in [1.165, 1.54) is 85.7 Å². The number of hydrogen-bond acceptors (Lipinski definition) is 11. The van der Waals surface area contributed by atoms with Crippen LogP contribution in [0.3, 0.4) is 0 Å². The maximum Gasteiger partial charge on any atom is 0.338 e. The number of hydrogen-bond donors (Lipinski definition) is 5. The van der Waals surface area contributed by atoms with Gasteiger partial charge < -0.3 is 35.0 Å². The molecule has 0 radical (unpaired) electrons. The molecule has 1 saturated heterocycles. The highest BCUT2D eigenvalue weighted by molar-refractivity contribution is 6.05. The first-order valence-corrected chi connectivity index (χ1v) is 48.7. The zero-order chi connectivity index (χ0) is 90.7. The van der Waals surface area contributed by atoms with E-state index in [0.717, 1.165) is 160 Å². The van der Waals surface area contributed by atoms with Gasteiger partial charge in [0.15, 0.2) is 0 Å². The molecular weight excluding hydrogens is 1550 g/mol. The Hall–Kier alpha value is -6.97. The van der Waals surface area contributed by atoms with Gasteiger partial charge in [0, 0.05) is 17.6 Å². The van der Waals surface area contributed by atoms with Gasteiger partial charge in [0.25, 0.3) is 0 Å². The topological polar surface area (TPSA) is 273 Å². The van der Waals surface area contributed by atoms with E-state index in [1.54, 1.807) is 33.4 Å². The van der Waals surface area contributed by atoms with Crippen LogP contribution in [0.4, 0.5) is 0 Å². The lowest BCUT2D eigenvalue weighted by Crippen LogP contribution is -2.65. The van der Waals surface area contributed by atoms with Gasteiger partial charge in [0.05, 0.1) is 38.9 Å². The van der Waals surface area contributed by atoms with Crippen molar-refractivity contribution in [2.45, 2.75) is 344 Å². The summed E-state index contributed by atoms with van der Waals surface area (Å²) in [4.78, 5) is 105. The lowest BCUT2D eigenvalue weighted by Gasteiger charge is -2.68. The molecule has 9 saturated carbocycles. The number of carbonyl (C=O) groups is 9. The van der Waals surface area contributed by atoms with Gasteiger partial charge >= 0.3 is 53.7 Å². The van der Waals surface area contributed by atoms with Gasteiger partial charge in [0.1, 0.15) is 0 Å². The summed E-state index contributed by atoms with van der Waals surface area (Å²) in [6.45, 7) is 44.2. The van der Waals surface area contributed by atoms with Gasteiger partial charge in [-0.2, -0.15) is 0 Å². The predicted molar refractivity (Wildman–Crippen MR) is 484 cm³/mol. The van der Waals surface area contributed by atoms with Crippen LogP contribution >= 0.6 is 0 Å². The van der Waals surface area contributed by atoms with Crippen LogP contribution in [0, 0.1) is 154 Å². The Kier molecular flexibility index (Phi) is 26.6. The van der Waals surface area contributed by atoms with Crippen molar-refractivity contribution in [3.05, 3.63) is 116 Å². The summed E-state index contributed by atoms with van der Waals surface area (Å²) in [5.74, 6) is 0.0194. The number of allylic oxidation sites excluding steroid dienone is 18. The summed E-state index contributed by atoms with van der Waals surface area (Å²) in [5.41, 5.74) is 14.1. The molecule has 1 spiro atoms. The van der Waals surface area contributed by atoms with E-state index in [0.29, 0.717) is 59.2 Å². The molecule has 10 fully saturated rings. The van der Waals surface area contributed by atoms with Crippen LogP contribution in [-0.2, 0) is 52.6 Å². The molecule has 0 aromatic carbocycles. The Bertz CT molecular complexity index is 4560. The first-order chi connectivity index (χ1) is 58.0. The molecule has 2 aliphatic heterocycles. The molecule has 0 aromatic rings. The Morgan fingerprint density at radius 1 is 0.403 bits per heavy atom. The smallest absolute Gasteiger partial charge is 0.338 e. The quantitative estimate of drug-likeness (QED) is 0.0815. The lowest BCUT2D eigenvalue weighted by atomic mass is 9.34. The number of carboxylic acids is 5. The molecule has 16 nitrogen and oxygen atoms in total. The third-order valence-corrected chi connectivity index (χ3v) is 38.7. The van der Waals surface area contributed by atoms with Gasteiger partial charge in [-0.05, 0) is 354 Å². The SMILES string of the molecule is CC(C)=C1C=C2CCC3C(C)(C(=O)O)CCCC3(C)C2CC1.CC(C)C1=CC23CCC4C(C)(C(=O)O)CCCC4(C)C2CC1C1C(=O)OC(=O)C13.CC(C)C1=CC2=C(CC1)C1(C)CCCC(C)(C(=O)O)C1CC2.CC(C)C1=CC2=CCC3C(C)(C(=O)O)CCCC3(C)C2CC1.CC(C)C1=CCC2C(=C1)CCC1C(C)(C(=O)O)CCCC21C.O=C1C=CC(=O)O1. The van der Waals surface area contributed by atoms with E-state index >= 15 is 0 Å². The number of carbonyl (C=O) groups excluding carboxylic acids is 4. The predicted octanol–water partition coefficient (Wildman–Crippen LogP) is 25.0. The zero-order valence-electron chi connectivity index (χ0n) is 79.3. The van der Waals surface area contributed by atoms with E-state index < -0.39 is 68.9 Å². The summed E-state index contributed by atoms with van der Waals surface area (Å²) in [6.07, 6.45) is 52.2. The second-order valence-electron chi connectivity index (χ2n) is 46.3. The zero-order valence-corrected chi connectivity index (χ0v) is 79.3. The minimum atomic E-state index is -0.707. The van der Waals surface area contributed by atoms with E-state index in [1.807, 2.05) is 34.6 Å². The Balaban J connectivity index is 0.000000131. The minimum Gasteiger partial charge on any atom is -0.481 e. The van der Waals surface area contributed by atoms with Crippen molar-refractivity contribution < 1.29 is 78.2 Å². The molecule has 2 heterocycles. The summed E-state index contributed by atoms with van der Waals surface area (Å²) < 4.78 is 9.18. The van der Waals surface area contributed by atoms with Crippen molar-refractivity contribution >= 4 is 53.7 Å². The maximum atomic E-state index is 12.9. The third kappa shape index (κ3) is 16.1. The molecule has 16 heteroatoms. The first kappa shape index (κ1) is 94.6. The molecule has 5 N–H and O–H groups in total. The maximum absolute atomic E-state index is 12.9. The van der Waals surface area contributed by atoms with Gasteiger partial charge in [-0.3, -0.25) is 33.6 Å². The largest absolute Gasteiger partial charge is 0.481 e. The molecule has 124 heavy (non-hydrogen) atoms. The van der Waals surface area contributed by atoms with E-state index in [2.05, 4.69) is 151 Å². The number of rotatable bonds is 9. The third-order valence-electron chi connectivity index (χ3n) is 38.7. The number of cyclic esters (lactones) is 4. The highest BCUT2D eigenvalue weighted by Gasteiger charge is 2.74. The summed E-state index contributed by atoms with van der Waals surface area (Å²) in [6, 6.07) is 0. The van der Waals surface area contributed by atoms with Crippen molar-refractivity contribution in [1.82, 2.24) is 0 Å². The molecule has 19 rings (SSSR count). The Morgan fingerprint density at radius 3 is 1.37 bits per heavy atom. The number of carboxylic acid groups (broad SMARTS) is 5. The van der Waals surface area contributed by atoms with E-state index in [9.17, 15) is 68.7 Å². The average molecular weight is 1710 g/mol. The standard InChI is InChI=1S/C24H32O5.4C20H30O2.C4H2O3/c1-12(2)14-11-24-9-6-15-22(3,7-5-8-23(15,4)21(27)28)16(24)10-13(14)17-18(24)20(26)29-19(17)25;4*1-13(2)14-6-8-16-15(12-14)7-9-17-19(16,3)10-5-11-20(17,4)18(21)22;5-3-1-2-4(6)7-3/h11-13,15-18H,5-10H2,1-4H3,(H,27,28);12,16-17H,5-11H2,1-4H3,(H,21,22);12-13,17H,5-11H2,1-4H3,(H,21,22);7,12-13,16-17H,5-6,8-11H2,1-4H3,(H,21,22);6,12-13,16-17H,5,7-11H2,1-4H3,(H,21,22);1-2H. The first-order valence-electron chi connectivity index (χ1n) is 48.7. The fourth-order valence-corrected chi connectivity index (χ4v) is 31.7. The summed E-state index contributed by atoms with van der Waals surface area (Å²) >= 11 is 0. The van der Waals surface area contributed by atoms with Crippen LogP contribution in [-0.4, -0.2) is 79.3 Å². The normalized spacial score (nSPS) is 41.6. The lowest BCUT2D eigenvalue weighted by molar-refractivity contribution is -0.195. The number of esters is 4. The molecule has 23 atom stereocenters. The van der Waals surface area contributed by atoms with Crippen molar-refractivity contribution in [3.63, 3.8) is 0 Å². The Labute approximate surface area is 741 Å². The van der Waals surface area contributed by atoms with Gasteiger partial charge in [-0.25, -0.2) is 9.59 Å². The van der Waals surface area contributed by atoms with Crippen LogP contribution in [0.2, 0.25) is 0 Å². The molecule has 23 unspecified atom stereocenters. The van der Waals surface area contributed by atoms with Crippen molar-refractivity contribution in [1.29, 1.82) is 0 Å². The van der Waals surface area contributed by atoms with E-state index in [-0.39, 0.29) is 79.9 Å². The van der Waals surface area contributed by atoms with Gasteiger partial charge in [-0.1, -0.05) is 204 Å². The number of aliphatic carboxylic acids is 5. The van der Waals surface area contributed by atoms with Crippen LogP contribution < -0.4 is 0 Å². The van der Waals surface area contributed by atoms with Crippen LogP contribution in [0.25, 0.3) is 0 Å². The van der Waals surface area contributed by atoms with Crippen molar-refractivity contribution in [2.24, 2.45) is 154 Å². The number of fused-ring (bicyclic) bond motifs is 12. The van der Waals surface area contributed by atoms with Gasteiger partial charge in [0.2, 0.25) is 0 Å². The Morgan fingerprint density at radius 2 is 0.871 bits per heavy atom. The molecule has 19 aliphatic rings. The highest BCUT2D eigenvalue weighted by Crippen LogP contribution is 2.76. The van der Waals surface area contributed by atoms with Crippen LogP contribution in [0.1, 0.15) is 344 Å². The minimum absolute atomic E-state index is 0.0550. The summed E-state index contributed by atoms with van der Waals surface area (Å²) in [5, 5.41) is 49.4. The average Bonchev–Trinajstić information content (AvgIpc) is 1.31. The van der Waals surface area contributed by atoms with Gasteiger partial charge in [-0.15, -0.1) is 0 Å². The molecule has 682 valence electrons. The molecule has 2 bridgehead atoms. The summed E-state index contributed by atoms with van der Waals surface area (Å²) in [7, 11) is 0. The fraction of sp³-hybridized carbons (Fsp3) is 0.731. The van der Waals surface area contributed by atoms with E-state index in [4.69, 9.17) is 4.74 Å². The molecule has 17 aliphatic carbocycles. The monoisotopic (exact) mass is 1710 g/mol. The number of ether oxygens (including phenoxy) is 2. The van der Waals surface area contributed by atoms with Crippen LogP contribution in [0.15, 0.2) is 116 Å². The molecule has 0 amide bonds. The fourth-order valence-electron chi connectivity index (χ4n) is 31.7. The van der Waals surface area contributed by atoms with Crippen LogP contribution in [0.5, 0.6) is 0 Å². The van der Waals surface area contributed by atoms with Crippen molar-refractivity contribution in [2.75, 3.05) is 0 Å². The van der Waals surface area contributed by atoms with Crippen molar-refractivity contribution in [3.8, 4) is 0 Å². The second-order valence-corrected chi connectivity index (χ2v) is 46.3. The molecular formula is C108H154O16. The molecule has 0 aromatic heterocycles.